The summed E-state index contributed by atoms with van der Waals surface area (Å²) in [5.74, 6) is -0.627. The fourth-order valence-corrected chi connectivity index (χ4v) is 6.25. The van der Waals surface area contributed by atoms with Crippen LogP contribution in [0.2, 0.25) is 5.02 Å². The summed E-state index contributed by atoms with van der Waals surface area (Å²) in [6, 6.07) is 30.0. The Hall–Kier alpha value is -4.34. The predicted octanol–water partition coefficient (Wildman–Crippen LogP) is 5.32. The van der Waals surface area contributed by atoms with Crippen LogP contribution in [0.25, 0.3) is 0 Å². The molecule has 0 aliphatic rings. The number of para-hydroxylation sites is 2. The second-order valence-corrected chi connectivity index (χ2v) is 12.0. The number of benzene rings is 4. The van der Waals surface area contributed by atoms with Crippen molar-refractivity contribution in [3.8, 4) is 5.75 Å². The average Bonchev–Trinajstić information content (AvgIpc) is 3.03. The van der Waals surface area contributed by atoms with Gasteiger partial charge in [-0.25, -0.2) is 8.42 Å². The highest BCUT2D eigenvalue weighted by Crippen LogP contribution is 2.33. The predicted molar refractivity (Wildman–Crippen MR) is 169 cm³/mol. The lowest BCUT2D eigenvalue weighted by Crippen LogP contribution is -2.53. The molecule has 2 amide bonds. The quantitative estimate of drug-likeness (QED) is 0.219. The molecule has 224 valence electrons. The number of halogens is 1. The lowest BCUT2D eigenvalue weighted by molar-refractivity contribution is -0.139. The van der Waals surface area contributed by atoms with Gasteiger partial charge in [-0.2, -0.15) is 0 Å². The Balaban J connectivity index is 1.81. The molecule has 0 radical (unpaired) electrons. The first-order chi connectivity index (χ1) is 20.7. The number of rotatable bonds is 13. The van der Waals surface area contributed by atoms with E-state index in [-0.39, 0.29) is 29.5 Å². The third kappa shape index (κ3) is 7.94. The summed E-state index contributed by atoms with van der Waals surface area (Å²) in [5.41, 5.74) is 1.79. The van der Waals surface area contributed by atoms with E-state index in [0.717, 1.165) is 15.4 Å². The number of likely N-dealkylation sites (N-methyl/N-ethyl adjacent to an activating group) is 1. The molecular formula is C33H34ClN3O5S. The molecule has 1 N–H and O–H groups in total. The van der Waals surface area contributed by atoms with Crippen LogP contribution < -0.4 is 14.4 Å². The van der Waals surface area contributed by atoms with E-state index in [1.165, 1.54) is 24.1 Å². The van der Waals surface area contributed by atoms with E-state index in [0.29, 0.717) is 17.4 Å². The standard InChI is InChI=1S/C33H34ClN3O5S/c1-3-42-31-17-11-10-16-29(31)37(43(40,41)28-14-8-5-9-15-28)24-32(38)36(23-26-18-20-27(34)21-19-26)30(33(39)35-2)22-25-12-6-4-7-13-25/h4-21,30H,3,22-24H2,1-2H3,(H,35,39)/t30-/m1/s1. The molecule has 0 saturated carbocycles. The maximum absolute atomic E-state index is 14.4. The zero-order chi connectivity index (χ0) is 30.8. The zero-order valence-electron chi connectivity index (χ0n) is 24.0. The number of nitrogens with one attached hydrogen (secondary N) is 1. The van der Waals surface area contributed by atoms with Crippen LogP contribution in [0, 0.1) is 0 Å². The second-order valence-electron chi connectivity index (χ2n) is 9.69. The van der Waals surface area contributed by atoms with Gasteiger partial charge in [-0.1, -0.05) is 84.4 Å². The SMILES string of the molecule is CCOc1ccccc1N(CC(=O)N(Cc1ccc(Cl)cc1)[C@H](Cc1ccccc1)C(=O)NC)S(=O)(=O)c1ccccc1. The van der Waals surface area contributed by atoms with E-state index in [2.05, 4.69) is 5.32 Å². The van der Waals surface area contributed by atoms with E-state index in [1.54, 1.807) is 73.7 Å². The maximum Gasteiger partial charge on any atom is 0.264 e. The highest BCUT2D eigenvalue weighted by atomic mass is 35.5. The Bertz CT molecular complexity index is 1620. The van der Waals surface area contributed by atoms with Gasteiger partial charge in [0.2, 0.25) is 11.8 Å². The molecule has 4 aromatic carbocycles. The van der Waals surface area contributed by atoms with Crippen molar-refractivity contribution in [2.75, 3.05) is 24.5 Å². The Morgan fingerprint density at radius 3 is 2.07 bits per heavy atom. The summed E-state index contributed by atoms with van der Waals surface area (Å²) in [6.45, 7) is 1.57. The average molecular weight is 620 g/mol. The van der Waals surface area contributed by atoms with E-state index >= 15 is 0 Å². The van der Waals surface area contributed by atoms with E-state index in [1.807, 2.05) is 30.3 Å². The number of amides is 2. The van der Waals surface area contributed by atoms with E-state index in [4.69, 9.17) is 16.3 Å². The minimum atomic E-state index is -4.22. The molecule has 4 rings (SSSR count). The highest BCUT2D eigenvalue weighted by Gasteiger charge is 2.35. The summed E-state index contributed by atoms with van der Waals surface area (Å²) >= 11 is 6.11. The van der Waals surface area contributed by atoms with Crippen LogP contribution in [0.5, 0.6) is 5.75 Å². The third-order valence-electron chi connectivity index (χ3n) is 6.83. The molecule has 4 aromatic rings. The number of anilines is 1. The first-order valence-electron chi connectivity index (χ1n) is 13.8. The Morgan fingerprint density at radius 1 is 0.837 bits per heavy atom. The Labute approximate surface area is 257 Å². The molecule has 1 atom stereocenters. The van der Waals surface area contributed by atoms with Gasteiger partial charge in [0.05, 0.1) is 17.2 Å². The molecular weight excluding hydrogens is 586 g/mol. The van der Waals surface area contributed by atoms with Crippen molar-refractivity contribution in [2.45, 2.75) is 30.8 Å². The second kappa shape index (κ2) is 14.7. The number of sulfonamides is 1. The van der Waals surface area contributed by atoms with Crippen LogP contribution in [-0.4, -0.2) is 51.4 Å². The van der Waals surface area contributed by atoms with Crippen molar-refractivity contribution in [1.29, 1.82) is 0 Å². The zero-order valence-corrected chi connectivity index (χ0v) is 25.6. The number of carbonyl (C=O) groups excluding carboxylic acids is 2. The van der Waals surface area contributed by atoms with Gasteiger partial charge in [-0.15, -0.1) is 0 Å². The van der Waals surface area contributed by atoms with Crippen molar-refractivity contribution in [3.63, 3.8) is 0 Å². The van der Waals surface area contributed by atoms with Crippen LogP contribution in [0.3, 0.4) is 0 Å². The molecule has 10 heteroatoms. The Morgan fingerprint density at radius 2 is 1.44 bits per heavy atom. The molecule has 0 aromatic heterocycles. The normalized spacial score (nSPS) is 11.8. The summed E-state index contributed by atoms with van der Waals surface area (Å²) in [6.07, 6.45) is 0.223. The van der Waals surface area contributed by atoms with E-state index in [9.17, 15) is 18.0 Å². The summed E-state index contributed by atoms with van der Waals surface area (Å²) < 4.78 is 35.0. The minimum absolute atomic E-state index is 0.0190. The third-order valence-corrected chi connectivity index (χ3v) is 8.85. The van der Waals surface area contributed by atoms with Crippen LogP contribution in [0.15, 0.2) is 114 Å². The molecule has 0 fully saturated rings. The first-order valence-corrected chi connectivity index (χ1v) is 15.7. The van der Waals surface area contributed by atoms with Gasteiger partial charge < -0.3 is 15.0 Å². The van der Waals surface area contributed by atoms with Gasteiger partial charge in [0.15, 0.2) is 0 Å². The van der Waals surface area contributed by atoms with Gasteiger partial charge in [0, 0.05) is 25.0 Å². The van der Waals surface area contributed by atoms with Crippen LogP contribution in [0.4, 0.5) is 5.69 Å². The van der Waals surface area contributed by atoms with Crippen LogP contribution in [-0.2, 0) is 32.6 Å². The highest BCUT2D eigenvalue weighted by molar-refractivity contribution is 7.92. The fourth-order valence-electron chi connectivity index (χ4n) is 4.68. The monoisotopic (exact) mass is 619 g/mol. The van der Waals surface area contributed by atoms with Crippen molar-refractivity contribution in [1.82, 2.24) is 10.2 Å². The lowest BCUT2D eigenvalue weighted by Gasteiger charge is -2.34. The van der Waals surface area contributed by atoms with Crippen LogP contribution >= 0.6 is 11.6 Å². The molecule has 0 heterocycles. The number of carbonyl (C=O) groups is 2. The van der Waals surface area contributed by atoms with Gasteiger partial charge >= 0.3 is 0 Å². The van der Waals surface area contributed by atoms with Crippen molar-refractivity contribution in [2.24, 2.45) is 0 Å². The number of hydrogen-bond donors (Lipinski definition) is 1. The molecule has 43 heavy (non-hydrogen) atoms. The van der Waals surface area contributed by atoms with Crippen molar-refractivity contribution in [3.05, 3.63) is 125 Å². The number of nitrogens with zero attached hydrogens (tertiary/aromatic N) is 2. The molecule has 8 nitrogen and oxygen atoms in total. The van der Waals surface area contributed by atoms with Gasteiger partial charge in [-0.3, -0.25) is 13.9 Å². The van der Waals surface area contributed by atoms with Gasteiger partial charge in [0.1, 0.15) is 18.3 Å². The van der Waals surface area contributed by atoms with E-state index < -0.39 is 28.5 Å². The fraction of sp³-hybridized carbons (Fsp3) is 0.212. The van der Waals surface area contributed by atoms with Gasteiger partial charge in [0.25, 0.3) is 10.0 Å². The van der Waals surface area contributed by atoms with Crippen molar-refractivity contribution >= 4 is 39.1 Å². The molecule has 0 aliphatic carbocycles. The molecule has 0 bridgehead atoms. The largest absolute Gasteiger partial charge is 0.492 e. The summed E-state index contributed by atoms with van der Waals surface area (Å²) in [4.78, 5) is 29.2. The lowest BCUT2D eigenvalue weighted by atomic mass is 10.0. The molecule has 0 saturated heterocycles. The van der Waals surface area contributed by atoms with Crippen LogP contribution in [0.1, 0.15) is 18.1 Å². The molecule has 0 aliphatic heterocycles. The number of hydrogen-bond acceptors (Lipinski definition) is 5. The summed E-state index contributed by atoms with van der Waals surface area (Å²) in [5, 5.41) is 3.21. The minimum Gasteiger partial charge on any atom is -0.492 e. The maximum atomic E-state index is 14.4. The summed E-state index contributed by atoms with van der Waals surface area (Å²) in [7, 11) is -2.71. The number of ether oxygens (including phenoxy) is 1. The van der Waals surface area contributed by atoms with Gasteiger partial charge in [-0.05, 0) is 54.4 Å². The van der Waals surface area contributed by atoms with Crippen molar-refractivity contribution < 1.29 is 22.7 Å². The smallest absolute Gasteiger partial charge is 0.264 e. The topological polar surface area (TPSA) is 96.0 Å². The first kappa shape index (κ1) is 31.6. The molecule has 0 spiro atoms. The Kier molecular flexibility index (Phi) is 10.8. The molecule has 0 unspecified atom stereocenters.